The highest BCUT2D eigenvalue weighted by molar-refractivity contribution is 6.31. The standard InChI is InChI=1S/C20H15ClF3N3O2/c1-27(11-17-25-16-5-3-2-4-13(16)19(29)26-17)18(28)9-7-12-6-8-15(21)14(10-12)20(22,23)24/h2-10H,11H2,1H3,(H,25,26,29)/b9-7+. The zero-order valence-corrected chi connectivity index (χ0v) is 15.9. The van der Waals surface area contributed by atoms with Crippen molar-refractivity contribution in [2.45, 2.75) is 12.7 Å². The number of aromatic nitrogens is 2. The lowest BCUT2D eigenvalue weighted by Crippen LogP contribution is -2.26. The summed E-state index contributed by atoms with van der Waals surface area (Å²) in [5, 5.41) is 0.0257. The molecular formula is C20H15ClF3N3O2. The molecule has 0 fully saturated rings. The third-order valence-corrected chi connectivity index (χ3v) is 4.47. The molecule has 0 unspecified atom stereocenters. The molecular weight excluding hydrogens is 407 g/mol. The van der Waals surface area contributed by atoms with Crippen LogP contribution < -0.4 is 5.56 Å². The van der Waals surface area contributed by atoms with Crippen molar-refractivity contribution in [3.8, 4) is 0 Å². The van der Waals surface area contributed by atoms with E-state index in [2.05, 4.69) is 9.97 Å². The lowest BCUT2D eigenvalue weighted by atomic mass is 10.1. The van der Waals surface area contributed by atoms with E-state index in [4.69, 9.17) is 11.6 Å². The smallest absolute Gasteiger partial charge is 0.335 e. The fourth-order valence-electron chi connectivity index (χ4n) is 2.67. The van der Waals surface area contributed by atoms with Gasteiger partial charge in [-0.25, -0.2) is 4.98 Å². The predicted molar refractivity (Wildman–Crippen MR) is 104 cm³/mol. The van der Waals surface area contributed by atoms with Crippen molar-refractivity contribution in [3.63, 3.8) is 0 Å². The van der Waals surface area contributed by atoms with Crippen molar-refractivity contribution < 1.29 is 18.0 Å². The number of benzene rings is 2. The monoisotopic (exact) mass is 421 g/mol. The maximum absolute atomic E-state index is 12.9. The maximum Gasteiger partial charge on any atom is 0.417 e. The summed E-state index contributed by atoms with van der Waals surface area (Å²) in [4.78, 5) is 32.6. The van der Waals surface area contributed by atoms with E-state index in [1.165, 1.54) is 24.1 Å². The number of carbonyl (C=O) groups is 1. The Morgan fingerprint density at radius 2 is 1.97 bits per heavy atom. The minimum atomic E-state index is -4.59. The number of aromatic amines is 1. The zero-order chi connectivity index (χ0) is 21.2. The first-order valence-electron chi connectivity index (χ1n) is 8.43. The molecule has 9 heteroatoms. The first kappa shape index (κ1) is 20.6. The number of halogens is 4. The van der Waals surface area contributed by atoms with Gasteiger partial charge in [0.15, 0.2) is 0 Å². The number of alkyl halides is 3. The Hall–Kier alpha value is -3.13. The van der Waals surface area contributed by atoms with Gasteiger partial charge in [-0.15, -0.1) is 0 Å². The average molecular weight is 422 g/mol. The number of likely N-dealkylation sites (N-methyl/N-ethyl adjacent to an activating group) is 1. The SMILES string of the molecule is CN(Cc1nc2ccccc2c(=O)[nH]1)C(=O)/C=C/c1ccc(Cl)c(C(F)(F)F)c1. The zero-order valence-electron chi connectivity index (χ0n) is 15.1. The Morgan fingerprint density at radius 1 is 1.24 bits per heavy atom. The molecule has 1 aromatic heterocycles. The molecule has 1 N–H and O–H groups in total. The van der Waals surface area contributed by atoms with E-state index in [0.717, 1.165) is 18.2 Å². The Morgan fingerprint density at radius 3 is 2.69 bits per heavy atom. The number of nitrogens with zero attached hydrogens (tertiary/aromatic N) is 2. The van der Waals surface area contributed by atoms with Crippen molar-refractivity contribution >= 4 is 34.5 Å². The van der Waals surface area contributed by atoms with E-state index in [-0.39, 0.29) is 17.7 Å². The highest BCUT2D eigenvalue weighted by Gasteiger charge is 2.33. The molecule has 0 saturated carbocycles. The Bertz CT molecular complexity index is 1160. The fourth-order valence-corrected chi connectivity index (χ4v) is 2.90. The second-order valence-corrected chi connectivity index (χ2v) is 6.70. The van der Waals surface area contributed by atoms with Crippen LogP contribution in [-0.2, 0) is 17.5 Å². The van der Waals surface area contributed by atoms with Gasteiger partial charge >= 0.3 is 6.18 Å². The molecule has 0 aliphatic rings. The number of fused-ring (bicyclic) bond motifs is 1. The maximum atomic E-state index is 12.9. The van der Waals surface area contributed by atoms with Gasteiger partial charge in [0.05, 0.1) is 28.0 Å². The van der Waals surface area contributed by atoms with Crippen molar-refractivity contribution in [3.05, 3.63) is 80.9 Å². The molecule has 0 atom stereocenters. The molecule has 1 heterocycles. The summed E-state index contributed by atoms with van der Waals surface area (Å²) in [7, 11) is 1.49. The van der Waals surface area contributed by atoms with Gasteiger partial charge in [-0.2, -0.15) is 13.2 Å². The van der Waals surface area contributed by atoms with Crippen molar-refractivity contribution in [2.24, 2.45) is 0 Å². The third kappa shape index (κ3) is 4.83. The van der Waals surface area contributed by atoms with Crippen LogP contribution in [0.5, 0.6) is 0 Å². The molecule has 2 aromatic carbocycles. The van der Waals surface area contributed by atoms with Gasteiger partial charge in [0.25, 0.3) is 5.56 Å². The van der Waals surface area contributed by atoms with Gasteiger partial charge in [-0.05, 0) is 35.9 Å². The van der Waals surface area contributed by atoms with Gasteiger partial charge in [0.2, 0.25) is 5.91 Å². The van der Waals surface area contributed by atoms with E-state index >= 15 is 0 Å². The molecule has 0 aliphatic carbocycles. The van der Waals surface area contributed by atoms with Crippen LogP contribution in [0.25, 0.3) is 17.0 Å². The second-order valence-electron chi connectivity index (χ2n) is 6.29. The third-order valence-electron chi connectivity index (χ3n) is 4.14. The van der Waals surface area contributed by atoms with Gasteiger partial charge in [0.1, 0.15) is 5.82 Å². The molecule has 1 amide bonds. The lowest BCUT2D eigenvalue weighted by Gasteiger charge is -2.14. The Labute approximate surface area is 168 Å². The molecule has 0 aliphatic heterocycles. The number of carbonyl (C=O) groups excluding carboxylic acids is 1. The number of H-pyrrole nitrogens is 1. The summed E-state index contributed by atoms with van der Waals surface area (Å²) in [6, 6.07) is 10.2. The van der Waals surface area contributed by atoms with Gasteiger partial charge in [-0.1, -0.05) is 29.8 Å². The summed E-state index contributed by atoms with van der Waals surface area (Å²) in [5.74, 6) is -0.173. The van der Waals surface area contributed by atoms with Crippen LogP contribution in [0.15, 0.2) is 53.3 Å². The second kappa shape index (κ2) is 8.08. The predicted octanol–water partition coefficient (Wildman–Crippen LogP) is 4.27. The van der Waals surface area contributed by atoms with Crippen molar-refractivity contribution in [2.75, 3.05) is 7.05 Å². The van der Waals surface area contributed by atoms with Crippen LogP contribution in [0.3, 0.4) is 0 Å². The van der Waals surface area contributed by atoms with Crippen LogP contribution in [0, 0.1) is 0 Å². The van der Waals surface area contributed by atoms with Gasteiger partial charge < -0.3 is 9.88 Å². The Balaban J connectivity index is 1.75. The number of para-hydroxylation sites is 1. The summed E-state index contributed by atoms with van der Waals surface area (Å²) in [6.07, 6.45) is -2.18. The number of hydrogen-bond donors (Lipinski definition) is 1. The van der Waals surface area contributed by atoms with Crippen molar-refractivity contribution in [1.82, 2.24) is 14.9 Å². The molecule has 3 rings (SSSR count). The molecule has 0 radical (unpaired) electrons. The molecule has 3 aromatic rings. The molecule has 5 nitrogen and oxygen atoms in total. The van der Waals surface area contributed by atoms with E-state index in [0.29, 0.717) is 16.7 Å². The number of nitrogens with one attached hydrogen (secondary N) is 1. The molecule has 0 saturated heterocycles. The van der Waals surface area contributed by atoms with Crippen LogP contribution in [0.2, 0.25) is 5.02 Å². The minimum Gasteiger partial charge on any atom is -0.335 e. The normalized spacial score (nSPS) is 11.9. The first-order chi connectivity index (χ1) is 13.6. The van der Waals surface area contributed by atoms with E-state index in [1.54, 1.807) is 24.3 Å². The topological polar surface area (TPSA) is 66.1 Å². The van der Waals surface area contributed by atoms with Gasteiger partial charge in [0, 0.05) is 13.1 Å². The first-order valence-corrected chi connectivity index (χ1v) is 8.81. The quantitative estimate of drug-likeness (QED) is 0.640. The van der Waals surface area contributed by atoms with E-state index in [9.17, 15) is 22.8 Å². The lowest BCUT2D eigenvalue weighted by molar-refractivity contribution is -0.137. The minimum absolute atomic E-state index is 0.0255. The number of amides is 1. The molecule has 150 valence electrons. The summed E-state index contributed by atoms with van der Waals surface area (Å²) in [5.41, 5.74) is -0.605. The van der Waals surface area contributed by atoms with Crippen LogP contribution >= 0.6 is 11.6 Å². The van der Waals surface area contributed by atoms with E-state index < -0.39 is 22.7 Å². The number of hydrogen-bond acceptors (Lipinski definition) is 3. The van der Waals surface area contributed by atoms with Crippen LogP contribution in [0.4, 0.5) is 13.2 Å². The summed E-state index contributed by atoms with van der Waals surface area (Å²) >= 11 is 5.58. The average Bonchev–Trinajstić information content (AvgIpc) is 2.66. The highest BCUT2D eigenvalue weighted by atomic mass is 35.5. The van der Waals surface area contributed by atoms with Crippen LogP contribution in [-0.4, -0.2) is 27.8 Å². The fraction of sp³-hybridized carbons (Fsp3) is 0.150. The van der Waals surface area contributed by atoms with E-state index in [1.807, 2.05) is 0 Å². The highest BCUT2D eigenvalue weighted by Crippen LogP contribution is 2.35. The number of rotatable bonds is 4. The molecule has 29 heavy (non-hydrogen) atoms. The molecule has 0 bridgehead atoms. The summed E-state index contributed by atoms with van der Waals surface area (Å²) in [6.45, 7) is 0.0255. The van der Waals surface area contributed by atoms with Gasteiger partial charge in [-0.3, -0.25) is 9.59 Å². The largest absolute Gasteiger partial charge is 0.417 e. The van der Waals surface area contributed by atoms with Crippen LogP contribution in [0.1, 0.15) is 17.0 Å². The molecule has 0 spiro atoms. The van der Waals surface area contributed by atoms with Crippen molar-refractivity contribution in [1.29, 1.82) is 0 Å². The summed E-state index contributed by atoms with van der Waals surface area (Å²) < 4.78 is 38.8. The Kier molecular flexibility index (Phi) is 5.74.